The molecule has 25 heavy (non-hydrogen) atoms. The number of carbonyl (C=O) groups is 1. The van der Waals surface area contributed by atoms with Crippen LogP contribution in [-0.4, -0.2) is 37.3 Å². The molecule has 0 radical (unpaired) electrons. The van der Waals surface area contributed by atoms with Crippen molar-refractivity contribution in [3.63, 3.8) is 0 Å². The van der Waals surface area contributed by atoms with Crippen LogP contribution in [0.3, 0.4) is 0 Å². The molecule has 0 aliphatic rings. The SMILES string of the molecule is CNC(=O)[C@H](CO)NCCc1ccc(OCc2ccccc2F)cc1. The number of benzene rings is 2. The summed E-state index contributed by atoms with van der Waals surface area (Å²) in [6, 6.07) is 13.4. The summed E-state index contributed by atoms with van der Waals surface area (Å²) < 4.78 is 19.1. The largest absolute Gasteiger partial charge is 0.489 e. The molecule has 0 spiro atoms. The number of likely N-dealkylation sites (N-methyl/N-ethyl adjacent to an activating group) is 1. The highest BCUT2D eigenvalue weighted by Crippen LogP contribution is 2.15. The van der Waals surface area contributed by atoms with Gasteiger partial charge in [0, 0.05) is 12.6 Å². The fourth-order valence-electron chi connectivity index (χ4n) is 2.33. The van der Waals surface area contributed by atoms with Gasteiger partial charge in [-0.15, -0.1) is 0 Å². The van der Waals surface area contributed by atoms with Crippen molar-refractivity contribution in [1.82, 2.24) is 10.6 Å². The van der Waals surface area contributed by atoms with Crippen LogP contribution < -0.4 is 15.4 Å². The Hall–Kier alpha value is -2.44. The quantitative estimate of drug-likeness (QED) is 0.646. The zero-order valence-corrected chi connectivity index (χ0v) is 14.2. The van der Waals surface area contributed by atoms with Crippen molar-refractivity contribution in [3.05, 3.63) is 65.5 Å². The first-order valence-corrected chi connectivity index (χ1v) is 8.15. The van der Waals surface area contributed by atoms with E-state index < -0.39 is 6.04 Å². The highest BCUT2D eigenvalue weighted by atomic mass is 19.1. The van der Waals surface area contributed by atoms with Crippen molar-refractivity contribution >= 4 is 5.91 Å². The lowest BCUT2D eigenvalue weighted by Gasteiger charge is -2.14. The van der Waals surface area contributed by atoms with Gasteiger partial charge in [-0.2, -0.15) is 0 Å². The first-order chi connectivity index (χ1) is 12.1. The van der Waals surface area contributed by atoms with Crippen molar-refractivity contribution in [1.29, 1.82) is 0 Å². The number of hydrogen-bond donors (Lipinski definition) is 3. The lowest BCUT2D eigenvalue weighted by Crippen LogP contribution is -2.46. The lowest BCUT2D eigenvalue weighted by atomic mass is 10.1. The maximum atomic E-state index is 13.5. The van der Waals surface area contributed by atoms with Crippen LogP contribution in [0.4, 0.5) is 4.39 Å². The topological polar surface area (TPSA) is 70.6 Å². The minimum Gasteiger partial charge on any atom is -0.489 e. The average molecular weight is 346 g/mol. The van der Waals surface area contributed by atoms with Gasteiger partial charge < -0.3 is 20.5 Å². The van der Waals surface area contributed by atoms with Gasteiger partial charge in [0.05, 0.1) is 6.61 Å². The Balaban J connectivity index is 1.79. The predicted molar refractivity (Wildman–Crippen MR) is 93.8 cm³/mol. The van der Waals surface area contributed by atoms with E-state index in [-0.39, 0.29) is 24.9 Å². The van der Waals surface area contributed by atoms with Gasteiger partial charge in [-0.3, -0.25) is 4.79 Å². The van der Waals surface area contributed by atoms with Crippen LogP contribution in [-0.2, 0) is 17.8 Å². The number of carbonyl (C=O) groups excluding carboxylic acids is 1. The second kappa shape index (κ2) is 9.76. The van der Waals surface area contributed by atoms with Crippen LogP contribution in [0.25, 0.3) is 0 Å². The van der Waals surface area contributed by atoms with E-state index in [1.165, 1.54) is 13.1 Å². The summed E-state index contributed by atoms with van der Waals surface area (Å²) in [5, 5.41) is 14.7. The number of aliphatic hydroxyl groups excluding tert-OH is 1. The lowest BCUT2D eigenvalue weighted by molar-refractivity contribution is -0.123. The number of halogens is 1. The van der Waals surface area contributed by atoms with Gasteiger partial charge in [-0.1, -0.05) is 30.3 Å². The molecule has 1 amide bonds. The third-order valence-corrected chi connectivity index (χ3v) is 3.83. The van der Waals surface area contributed by atoms with Crippen molar-refractivity contribution in [2.45, 2.75) is 19.1 Å². The minimum absolute atomic E-state index is 0.178. The Kier molecular flexibility index (Phi) is 7.37. The van der Waals surface area contributed by atoms with Crippen molar-refractivity contribution in [3.8, 4) is 5.75 Å². The molecule has 0 unspecified atom stereocenters. The molecule has 2 aromatic carbocycles. The number of hydrogen-bond acceptors (Lipinski definition) is 4. The van der Waals surface area contributed by atoms with Crippen LogP contribution in [0, 0.1) is 5.82 Å². The van der Waals surface area contributed by atoms with E-state index in [4.69, 9.17) is 9.84 Å². The molecule has 1 atom stereocenters. The van der Waals surface area contributed by atoms with Crippen LogP contribution in [0.15, 0.2) is 48.5 Å². The first kappa shape index (κ1) is 18.9. The van der Waals surface area contributed by atoms with Crippen LogP contribution in [0.1, 0.15) is 11.1 Å². The molecule has 0 saturated carbocycles. The molecular formula is C19H23FN2O3. The maximum absolute atomic E-state index is 13.5. The highest BCUT2D eigenvalue weighted by Gasteiger charge is 2.14. The molecule has 0 bridgehead atoms. The molecule has 5 nitrogen and oxygen atoms in total. The number of ether oxygens (including phenoxy) is 1. The first-order valence-electron chi connectivity index (χ1n) is 8.15. The molecular weight excluding hydrogens is 323 g/mol. The minimum atomic E-state index is -0.603. The monoisotopic (exact) mass is 346 g/mol. The van der Waals surface area contributed by atoms with E-state index >= 15 is 0 Å². The summed E-state index contributed by atoms with van der Waals surface area (Å²) in [7, 11) is 1.53. The molecule has 0 heterocycles. The highest BCUT2D eigenvalue weighted by molar-refractivity contribution is 5.81. The molecule has 3 N–H and O–H groups in total. The Morgan fingerprint density at radius 1 is 1.20 bits per heavy atom. The van der Waals surface area contributed by atoms with Gasteiger partial charge in [0.1, 0.15) is 24.2 Å². The normalized spacial score (nSPS) is 11.8. The van der Waals surface area contributed by atoms with Crippen LogP contribution in [0.2, 0.25) is 0 Å². The summed E-state index contributed by atoms with van der Waals surface area (Å²) in [4.78, 5) is 11.5. The molecule has 2 aromatic rings. The summed E-state index contributed by atoms with van der Waals surface area (Å²) in [5.41, 5.74) is 1.58. The smallest absolute Gasteiger partial charge is 0.239 e. The Labute approximate surface area is 146 Å². The molecule has 0 aliphatic heterocycles. The van der Waals surface area contributed by atoms with Gasteiger partial charge in [-0.25, -0.2) is 4.39 Å². The molecule has 2 rings (SSSR count). The molecule has 0 fully saturated rings. The summed E-state index contributed by atoms with van der Waals surface area (Å²) in [5.74, 6) is 0.151. The fraction of sp³-hybridized carbons (Fsp3) is 0.316. The molecule has 0 saturated heterocycles. The van der Waals surface area contributed by atoms with E-state index in [0.717, 1.165) is 5.56 Å². The molecule has 0 aliphatic carbocycles. The molecule has 134 valence electrons. The van der Waals surface area contributed by atoms with E-state index in [2.05, 4.69) is 10.6 Å². The van der Waals surface area contributed by atoms with Crippen molar-refractivity contribution in [2.24, 2.45) is 0 Å². The van der Waals surface area contributed by atoms with Gasteiger partial charge in [0.15, 0.2) is 0 Å². The molecule has 0 aromatic heterocycles. The van der Waals surface area contributed by atoms with Gasteiger partial charge in [0.2, 0.25) is 5.91 Å². The number of nitrogens with one attached hydrogen (secondary N) is 2. The summed E-state index contributed by atoms with van der Waals surface area (Å²) >= 11 is 0. The van der Waals surface area contributed by atoms with Crippen molar-refractivity contribution in [2.75, 3.05) is 20.2 Å². The third kappa shape index (κ3) is 5.85. The fourth-order valence-corrected chi connectivity index (χ4v) is 2.33. The number of amides is 1. The Morgan fingerprint density at radius 2 is 1.92 bits per heavy atom. The van der Waals surface area contributed by atoms with E-state index in [1.54, 1.807) is 18.2 Å². The van der Waals surface area contributed by atoms with Crippen molar-refractivity contribution < 1.29 is 19.0 Å². The zero-order chi connectivity index (χ0) is 18.1. The van der Waals surface area contributed by atoms with Gasteiger partial charge in [0.25, 0.3) is 0 Å². The molecule has 6 heteroatoms. The maximum Gasteiger partial charge on any atom is 0.239 e. The van der Waals surface area contributed by atoms with E-state index in [9.17, 15) is 9.18 Å². The third-order valence-electron chi connectivity index (χ3n) is 3.83. The standard InChI is InChI=1S/C19H23FN2O3/c1-21-19(24)18(12-23)22-11-10-14-6-8-16(9-7-14)25-13-15-4-2-3-5-17(15)20/h2-9,18,22-23H,10-13H2,1H3,(H,21,24)/t18-/m0/s1. The van der Waals surface area contributed by atoms with Gasteiger partial charge in [-0.05, 0) is 36.7 Å². The van der Waals surface area contributed by atoms with E-state index in [0.29, 0.717) is 24.3 Å². The second-order valence-corrected chi connectivity index (χ2v) is 5.58. The summed E-state index contributed by atoms with van der Waals surface area (Å²) in [6.45, 7) is 0.495. The van der Waals surface area contributed by atoms with Crippen LogP contribution in [0.5, 0.6) is 5.75 Å². The Morgan fingerprint density at radius 3 is 2.56 bits per heavy atom. The Bertz CT molecular complexity index is 677. The van der Waals surface area contributed by atoms with E-state index in [1.807, 2.05) is 24.3 Å². The zero-order valence-electron chi connectivity index (χ0n) is 14.2. The number of aliphatic hydroxyl groups is 1. The predicted octanol–water partition coefficient (Wildman–Crippen LogP) is 1.64. The van der Waals surface area contributed by atoms with Crippen LogP contribution >= 0.6 is 0 Å². The van der Waals surface area contributed by atoms with Gasteiger partial charge >= 0.3 is 0 Å². The number of rotatable bonds is 9. The average Bonchev–Trinajstić information content (AvgIpc) is 2.65. The second-order valence-electron chi connectivity index (χ2n) is 5.58. The summed E-state index contributed by atoms with van der Waals surface area (Å²) in [6.07, 6.45) is 0.709.